The molecule has 0 aromatic heterocycles. The van der Waals surface area contributed by atoms with Gasteiger partial charge in [-0.3, -0.25) is 9.69 Å². The molecule has 1 saturated heterocycles. The minimum Gasteiger partial charge on any atom is -0.492 e. The van der Waals surface area contributed by atoms with Gasteiger partial charge in [-0.15, -0.1) is 0 Å². The third-order valence-corrected chi connectivity index (χ3v) is 8.88. The molecule has 4 rings (SSSR count). The van der Waals surface area contributed by atoms with Crippen molar-refractivity contribution in [1.29, 1.82) is 0 Å². The quantitative estimate of drug-likeness (QED) is 0.289. The van der Waals surface area contributed by atoms with Crippen molar-refractivity contribution in [3.05, 3.63) is 89.5 Å². The Hall–Kier alpha value is -3.69. The number of hydrogen-bond acceptors (Lipinski definition) is 6. The second-order valence-electron chi connectivity index (χ2n) is 11.2. The predicted octanol–water partition coefficient (Wildman–Crippen LogP) is 4.96. The van der Waals surface area contributed by atoms with Crippen LogP contribution in [0.3, 0.4) is 0 Å². The lowest BCUT2D eigenvalue weighted by molar-refractivity contribution is -0.139. The van der Waals surface area contributed by atoms with E-state index in [1.54, 1.807) is 6.07 Å². The molecule has 2 N–H and O–H groups in total. The first kappa shape index (κ1) is 31.3. The van der Waals surface area contributed by atoms with Crippen LogP contribution in [0.1, 0.15) is 47.7 Å². The number of hydrogen-bond donors (Lipinski definition) is 2. The summed E-state index contributed by atoms with van der Waals surface area (Å²) in [5.74, 6) is -0.732. The lowest BCUT2D eigenvalue weighted by Gasteiger charge is -2.25. The predicted molar refractivity (Wildman–Crippen MR) is 164 cm³/mol. The Morgan fingerprint density at radius 3 is 2.43 bits per heavy atom. The van der Waals surface area contributed by atoms with Crippen LogP contribution in [0.5, 0.6) is 5.75 Å². The zero-order valence-corrected chi connectivity index (χ0v) is 25.3. The second kappa shape index (κ2) is 14.0. The third-order valence-electron chi connectivity index (χ3n) is 7.91. The molecule has 224 valence electrons. The van der Waals surface area contributed by atoms with Crippen molar-refractivity contribution in [2.75, 3.05) is 25.2 Å². The minimum absolute atomic E-state index is 0.211. The van der Waals surface area contributed by atoms with Crippen molar-refractivity contribution in [3.63, 3.8) is 0 Å². The summed E-state index contributed by atoms with van der Waals surface area (Å²) in [6, 6.07) is 22.2. The Morgan fingerprint density at radius 1 is 1.05 bits per heavy atom. The molecule has 9 heteroatoms. The van der Waals surface area contributed by atoms with E-state index in [-0.39, 0.29) is 18.2 Å². The number of amides is 1. The van der Waals surface area contributed by atoms with Gasteiger partial charge in [0.05, 0.1) is 5.75 Å². The smallest absolute Gasteiger partial charge is 0.326 e. The SMILES string of the molecule is CC[C@@H]1C[C@@H](COc2ccccc2)N(Cc2ccc(C(=O)N[C@@H](CCS(C)(=O)=O)C(=O)O)c(-c3ccccc3C)c2)C1. The summed E-state index contributed by atoms with van der Waals surface area (Å²) in [5.41, 5.74) is 3.95. The highest BCUT2D eigenvalue weighted by atomic mass is 32.2. The average Bonchev–Trinajstić information content (AvgIpc) is 3.35. The number of benzene rings is 3. The number of carbonyl (C=O) groups excluding carboxylic acids is 1. The first-order valence-electron chi connectivity index (χ1n) is 14.4. The third kappa shape index (κ3) is 8.42. The molecule has 1 fully saturated rings. The van der Waals surface area contributed by atoms with Gasteiger partial charge in [-0.2, -0.15) is 0 Å². The van der Waals surface area contributed by atoms with E-state index in [1.807, 2.05) is 73.7 Å². The van der Waals surface area contributed by atoms with Gasteiger partial charge >= 0.3 is 5.97 Å². The van der Waals surface area contributed by atoms with E-state index in [4.69, 9.17) is 4.74 Å². The maximum absolute atomic E-state index is 13.4. The fourth-order valence-corrected chi connectivity index (χ4v) is 6.17. The maximum atomic E-state index is 13.4. The number of ether oxygens (including phenoxy) is 1. The van der Waals surface area contributed by atoms with Crippen LogP contribution in [-0.4, -0.2) is 67.5 Å². The number of nitrogens with zero attached hydrogens (tertiary/aromatic N) is 1. The monoisotopic (exact) mass is 592 g/mol. The Kier molecular flexibility index (Phi) is 10.4. The lowest BCUT2D eigenvalue weighted by atomic mass is 9.93. The molecule has 0 aliphatic carbocycles. The molecule has 0 spiro atoms. The van der Waals surface area contributed by atoms with Gasteiger partial charge in [-0.25, -0.2) is 13.2 Å². The van der Waals surface area contributed by atoms with E-state index in [0.717, 1.165) is 48.1 Å². The van der Waals surface area contributed by atoms with E-state index in [1.165, 1.54) is 0 Å². The summed E-state index contributed by atoms with van der Waals surface area (Å²) in [7, 11) is -3.39. The first-order chi connectivity index (χ1) is 20.0. The van der Waals surface area contributed by atoms with Gasteiger partial charge in [0.25, 0.3) is 5.91 Å². The average molecular weight is 593 g/mol. The van der Waals surface area contributed by atoms with Crippen molar-refractivity contribution in [2.45, 2.75) is 51.7 Å². The molecule has 0 radical (unpaired) electrons. The highest BCUT2D eigenvalue weighted by Crippen LogP contribution is 2.32. The molecule has 1 heterocycles. The van der Waals surface area contributed by atoms with Crippen molar-refractivity contribution >= 4 is 21.7 Å². The summed E-state index contributed by atoms with van der Waals surface area (Å²) < 4.78 is 29.4. The second-order valence-corrected chi connectivity index (χ2v) is 13.5. The summed E-state index contributed by atoms with van der Waals surface area (Å²) in [5, 5.41) is 12.2. The fraction of sp³-hybridized carbons (Fsp3) is 0.394. The molecule has 0 saturated carbocycles. The number of carbonyl (C=O) groups is 2. The Bertz CT molecular complexity index is 1490. The molecule has 8 nitrogen and oxygen atoms in total. The van der Waals surface area contributed by atoms with E-state index in [2.05, 4.69) is 17.1 Å². The van der Waals surface area contributed by atoms with Crippen molar-refractivity contribution in [3.8, 4) is 16.9 Å². The standard InChI is InChI=1S/C33H40N2O6S/c1-4-24-18-26(22-41-27-11-6-5-7-12-27)35(20-24)21-25-14-15-29(30(19-25)28-13-9-8-10-23(28)2)32(36)34-31(33(37)38)16-17-42(3,39)40/h5-15,19,24,26,31H,4,16-18,20-22H2,1-3H3,(H,34,36)(H,37,38)/t24-,26+,31+/m1/s1. The van der Waals surface area contributed by atoms with Crippen LogP contribution in [0, 0.1) is 12.8 Å². The number of carboxylic acid groups (broad SMARTS) is 1. The highest BCUT2D eigenvalue weighted by molar-refractivity contribution is 7.90. The van der Waals surface area contributed by atoms with Crippen molar-refractivity contribution in [1.82, 2.24) is 10.2 Å². The van der Waals surface area contributed by atoms with Crippen LogP contribution < -0.4 is 10.1 Å². The number of para-hydroxylation sites is 1. The van der Waals surface area contributed by atoms with Gasteiger partial charge in [-0.05, 0) is 72.2 Å². The van der Waals surface area contributed by atoms with Gasteiger partial charge in [0, 0.05) is 31.0 Å². The molecule has 3 aromatic carbocycles. The number of aryl methyl sites for hydroxylation is 1. The van der Waals surface area contributed by atoms with E-state index >= 15 is 0 Å². The molecule has 1 amide bonds. The number of aliphatic carboxylic acids is 1. The summed E-state index contributed by atoms with van der Waals surface area (Å²) in [6.45, 7) is 6.43. The Labute approximate surface area is 248 Å². The van der Waals surface area contributed by atoms with Gasteiger partial charge < -0.3 is 15.2 Å². The van der Waals surface area contributed by atoms with Gasteiger partial charge in [0.1, 0.15) is 28.2 Å². The van der Waals surface area contributed by atoms with Gasteiger partial charge in [0.15, 0.2) is 0 Å². The number of sulfone groups is 1. The van der Waals surface area contributed by atoms with Crippen LogP contribution in [-0.2, 0) is 21.2 Å². The molecular weight excluding hydrogens is 552 g/mol. The summed E-state index contributed by atoms with van der Waals surface area (Å²) >= 11 is 0. The van der Waals surface area contributed by atoms with Crippen molar-refractivity contribution < 1.29 is 27.9 Å². The molecule has 0 bridgehead atoms. The van der Waals surface area contributed by atoms with Crippen LogP contribution >= 0.6 is 0 Å². The van der Waals surface area contributed by atoms with Crippen LogP contribution in [0.25, 0.3) is 11.1 Å². The van der Waals surface area contributed by atoms with E-state index < -0.39 is 27.8 Å². The van der Waals surface area contributed by atoms with Crippen LogP contribution in [0.2, 0.25) is 0 Å². The Balaban J connectivity index is 1.59. The minimum atomic E-state index is -3.39. The molecular formula is C33H40N2O6S. The molecule has 1 aliphatic heterocycles. The molecule has 0 unspecified atom stereocenters. The molecule has 3 aromatic rings. The fourth-order valence-electron chi connectivity index (χ4n) is 5.51. The number of rotatable bonds is 13. The normalized spacial score (nSPS) is 18.0. The molecule has 1 aliphatic rings. The van der Waals surface area contributed by atoms with Crippen molar-refractivity contribution in [2.24, 2.45) is 5.92 Å². The first-order valence-corrected chi connectivity index (χ1v) is 16.4. The topological polar surface area (TPSA) is 113 Å². The zero-order chi connectivity index (χ0) is 30.3. The lowest BCUT2D eigenvalue weighted by Crippen LogP contribution is -2.42. The number of nitrogens with one attached hydrogen (secondary N) is 1. The Morgan fingerprint density at radius 2 is 1.76 bits per heavy atom. The summed E-state index contributed by atoms with van der Waals surface area (Å²) in [4.78, 5) is 27.7. The van der Waals surface area contributed by atoms with E-state index in [0.29, 0.717) is 30.2 Å². The van der Waals surface area contributed by atoms with Crippen LogP contribution in [0.4, 0.5) is 0 Å². The number of carboxylic acids is 1. The van der Waals surface area contributed by atoms with Gasteiger partial charge in [0.2, 0.25) is 0 Å². The molecule has 42 heavy (non-hydrogen) atoms. The largest absolute Gasteiger partial charge is 0.492 e. The summed E-state index contributed by atoms with van der Waals surface area (Å²) in [6.07, 6.45) is 2.98. The zero-order valence-electron chi connectivity index (χ0n) is 24.5. The van der Waals surface area contributed by atoms with E-state index in [9.17, 15) is 23.1 Å². The number of likely N-dealkylation sites (tertiary alicyclic amines) is 1. The highest BCUT2D eigenvalue weighted by Gasteiger charge is 2.32. The maximum Gasteiger partial charge on any atom is 0.326 e. The van der Waals surface area contributed by atoms with Gasteiger partial charge in [-0.1, -0.05) is 61.9 Å². The van der Waals surface area contributed by atoms with Crippen LogP contribution in [0.15, 0.2) is 72.8 Å². The molecule has 3 atom stereocenters.